The standard InChI is InChI=1S/C25H32N2O3/c28-25(21-8-12-23(13-9-21)30-19-24-5-4-18-29-24)26-15-14-20-6-10-22(11-7-20)27-16-2-1-3-17-27/h6-13,24H,1-5,14-19H2,(H,26,28). The normalized spacial score (nSPS) is 18.9. The first-order valence-corrected chi connectivity index (χ1v) is 11.2. The fourth-order valence-corrected chi connectivity index (χ4v) is 4.12. The minimum atomic E-state index is -0.0504. The summed E-state index contributed by atoms with van der Waals surface area (Å²) in [6.45, 7) is 4.35. The van der Waals surface area contributed by atoms with Gasteiger partial charge >= 0.3 is 0 Å². The highest BCUT2D eigenvalue weighted by Crippen LogP contribution is 2.20. The number of carbonyl (C=O) groups is 1. The molecule has 2 aliphatic rings. The first kappa shape index (κ1) is 20.7. The molecule has 2 aromatic rings. The van der Waals surface area contributed by atoms with Crippen LogP contribution in [-0.2, 0) is 11.2 Å². The molecule has 2 fully saturated rings. The van der Waals surface area contributed by atoms with Crippen LogP contribution in [0, 0.1) is 0 Å². The first-order valence-electron chi connectivity index (χ1n) is 11.2. The van der Waals surface area contributed by atoms with Crippen molar-refractivity contribution in [2.24, 2.45) is 0 Å². The van der Waals surface area contributed by atoms with Crippen LogP contribution in [0.15, 0.2) is 48.5 Å². The van der Waals surface area contributed by atoms with Crippen LogP contribution < -0.4 is 15.0 Å². The Hall–Kier alpha value is -2.53. The molecule has 2 aliphatic heterocycles. The van der Waals surface area contributed by atoms with E-state index in [1.165, 1.54) is 30.5 Å². The van der Waals surface area contributed by atoms with E-state index in [1.807, 2.05) is 24.3 Å². The Bertz CT molecular complexity index is 792. The van der Waals surface area contributed by atoms with Gasteiger partial charge in [-0.05, 0) is 80.5 Å². The molecule has 4 rings (SSSR count). The Morgan fingerprint density at radius 1 is 1.00 bits per heavy atom. The number of ether oxygens (including phenoxy) is 2. The molecule has 5 nitrogen and oxygen atoms in total. The third-order valence-electron chi connectivity index (χ3n) is 5.93. The number of carbonyl (C=O) groups excluding carboxylic acids is 1. The fourth-order valence-electron chi connectivity index (χ4n) is 4.12. The lowest BCUT2D eigenvalue weighted by molar-refractivity contribution is 0.0679. The molecule has 0 aromatic heterocycles. The Morgan fingerprint density at radius 3 is 2.47 bits per heavy atom. The monoisotopic (exact) mass is 408 g/mol. The molecule has 1 N–H and O–H groups in total. The average molecular weight is 409 g/mol. The molecule has 2 saturated heterocycles. The van der Waals surface area contributed by atoms with E-state index in [1.54, 1.807) is 0 Å². The summed E-state index contributed by atoms with van der Waals surface area (Å²) >= 11 is 0. The quantitative estimate of drug-likeness (QED) is 0.711. The number of piperidine rings is 1. The molecule has 1 atom stereocenters. The summed E-state index contributed by atoms with van der Waals surface area (Å²) in [5.41, 5.74) is 3.21. The van der Waals surface area contributed by atoms with Crippen molar-refractivity contribution in [3.05, 3.63) is 59.7 Å². The minimum Gasteiger partial charge on any atom is -0.491 e. The van der Waals surface area contributed by atoms with Crippen LogP contribution in [0.4, 0.5) is 5.69 Å². The van der Waals surface area contributed by atoms with Gasteiger partial charge in [0.1, 0.15) is 12.4 Å². The van der Waals surface area contributed by atoms with E-state index in [2.05, 4.69) is 34.5 Å². The zero-order valence-electron chi connectivity index (χ0n) is 17.6. The molecule has 2 aromatic carbocycles. The summed E-state index contributed by atoms with van der Waals surface area (Å²) in [6.07, 6.45) is 7.11. The lowest BCUT2D eigenvalue weighted by Crippen LogP contribution is -2.29. The van der Waals surface area contributed by atoms with E-state index in [0.29, 0.717) is 18.7 Å². The number of benzene rings is 2. The van der Waals surface area contributed by atoms with E-state index in [-0.39, 0.29) is 12.0 Å². The van der Waals surface area contributed by atoms with Crippen molar-refractivity contribution in [2.45, 2.75) is 44.6 Å². The smallest absolute Gasteiger partial charge is 0.251 e. The molecule has 0 aliphatic carbocycles. The van der Waals surface area contributed by atoms with E-state index in [0.717, 1.165) is 44.7 Å². The second-order valence-corrected chi connectivity index (χ2v) is 8.19. The van der Waals surface area contributed by atoms with Crippen molar-refractivity contribution in [2.75, 3.05) is 37.7 Å². The number of hydrogen-bond donors (Lipinski definition) is 1. The zero-order valence-corrected chi connectivity index (χ0v) is 17.6. The van der Waals surface area contributed by atoms with Crippen LogP contribution in [0.5, 0.6) is 5.75 Å². The summed E-state index contributed by atoms with van der Waals surface area (Å²) in [4.78, 5) is 14.9. The van der Waals surface area contributed by atoms with Gasteiger partial charge in [0.05, 0.1) is 6.10 Å². The fraction of sp³-hybridized carbons (Fsp3) is 0.480. The molecular formula is C25H32N2O3. The van der Waals surface area contributed by atoms with Gasteiger partial charge in [0.25, 0.3) is 5.91 Å². The van der Waals surface area contributed by atoms with Crippen molar-refractivity contribution in [1.82, 2.24) is 5.32 Å². The van der Waals surface area contributed by atoms with Crippen molar-refractivity contribution >= 4 is 11.6 Å². The third-order valence-corrected chi connectivity index (χ3v) is 5.93. The Kier molecular flexibility index (Phi) is 7.25. The van der Waals surface area contributed by atoms with Gasteiger partial charge < -0.3 is 19.7 Å². The molecule has 1 amide bonds. The van der Waals surface area contributed by atoms with Crippen LogP contribution in [0.2, 0.25) is 0 Å². The average Bonchev–Trinajstić information content (AvgIpc) is 3.33. The van der Waals surface area contributed by atoms with Gasteiger partial charge in [-0.25, -0.2) is 0 Å². The molecule has 160 valence electrons. The van der Waals surface area contributed by atoms with E-state index < -0.39 is 0 Å². The summed E-state index contributed by atoms with van der Waals surface area (Å²) in [5.74, 6) is 0.724. The molecular weight excluding hydrogens is 376 g/mol. The number of amides is 1. The largest absolute Gasteiger partial charge is 0.491 e. The molecule has 2 heterocycles. The molecule has 0 bridgehead atoms. The maximum Gasteiger partial charge on any atom is 0.251 e. The maximum absolute atomic E-state index is 12.4. The van der Waals surface area contributed by atoms with Crippen LogP contribution in [0.1, 0.15) is 48.0 Å². The number of nitrogens with zero attached hydrogens (tertiary/aromatic N) is 1. The summed E-state index contributed by atoms with van der Waals surface area (Å²) in [6, 6.07) is 16.1. The minimum absolute atomic E-state index is 0.0504. The Labute approximate surface area is 179 Å². The number of nitrogens with one attached hydrogen (secondary N) is 1. The molecule has 0 saturated carbocycles. The number of hydrogen-bond acceptors (Lipinski definition) is 4. The van der Waals surface area contributed by atoms with Crippen LogP contribution in [0.25, 0.3) is 0 Å². The van der Waals surface area contributed by atoms with Gasteiger partial charge in [0.15, 0.2) is 0 Å². The second-order valence-electron chi connectivity index (χ2n) is 8.19. The highest BCUT2D eigenvalue weighted by Gasteiger charge is 2.16. The topological polar surface area (TPSA) is 50.8 Å². The van der Waals surface area contributed by atoms with Crippen molar-refractivity contribution in [3.63, 3.8) is 0 Å². The summed E-state index contributed by atoms with van der Waals surface area (Å²) in [5, 5.41) is 3.01. The van der Waals surface area contributed by atoms with Crippen LogP contribution >= 0.6 is 0 Å². The van der Waals surface area contributed by atoms with Gasteiger partial charge in [-0.3, -0.25) is 4.79 Å². The van der Waals surface area contributed by atoms with Gasteiger partial charge in [0.2, 0.25) is 0 Å². The van der Waals surface area contributed by atoms with Crippen LogP contribution in [0.3, 0.4) is 0 Å². The third kappa shape index (κ3) is 5.76. The van der Waals surface area contributed by atoms with Crippen molar-refractivity contribution in [3.8, 4) is 5.75 Å². The molecule has 30 heavy (non-hydrogen) atoms. The van der Waals surface area contributed by atoms with Gasteiger partial charge in [-0.2, -0.15) is 0 Å². The summed E-state index contributed by atoms with van der Waals surface area (Å²) in [7, 11) is 0. The van der Waals surface area contributed by atoms with E-state index in [4.69, 9.17) is 9.47 Å². The van der Waals surface area contributed by atoms with Crippen LogP contribution in [-0.4, -0.2) is 44.9 Å². The second kappa shape index (κ2) is 10.5. The molecule has 1 unspecified atom stereocenters. The highest BCUT2D eigenvalue weighted by atomic mass is 16.5. The van der Waals surface area contributed by atoms with Crippen molar-refractivity contribution in [1.29, 1.82) is 0 Å². The van der Waals surface area contributed by atoms with E-state index in [9.17, 15) is 4.79 Å². The zero-order chi connectivity index (χ0) is 20.6. The predicted molar refractivity (Wildman–Crippen MR) is 119 cm³/mol. The molecule has 5 heteroatoms. The van der Waals surface area contributed by atoms with E-state index >= 15 is 0 Å². The highest BCUT2D eigenvalue weighted by molar-refractivity contribution is 5.94. The first-order chi connectivity index (χ1) is 14.8. The van der Waals surface area contributed by atoms with Crippen molar-refractivity contribution < 1.29 is 14.3 Å². The predicted octanol–water partition coefficient (Wildman–Crippen LogP) is 4.21. The SMILES string of the molecule is O=C(NCCc1ccc(N2CCCCC2)cc1)c1ccc(OCC2CCCO2)cc1. The van der Waals surface area contributed by atoms with Gasteiger partial charge in [0, 0.05) is 37.5 Å². The molecule has 0 spiro atoms. The van der Waals surface area contributed by atoms with Gasteiger partial charge in [-0.1, -0.05) is 12.1 Å². The lowest BCUT2D eigenvalue weighted by atomic mass is 10.1. The summed E-state index contributed by atoms with van der Waals surface area (Å²) < 4.78 is 11.3. The Morgan fingerprint density at radius 2 is 1.77 bits per heavy atom. The number of anilines is 1. The number of rotatable bonds is 8. The molecule has 0 radical (unpaired) electrons. The lowest BCUT2D eigenvalue weighted by Gasteiger charge is -2.28. The Balaban J connectivity index is 1.19. The van der Waals surface area contributed by atoms with Gasteiger partial charge in [-0.15, -0.1) is 0 Å². The maximum atomic E-state index is 12.4.